The number of benzene rings is 3. The van der Waals surface area contributed by atoms with Crippen LogP contribution in [0.5, 0.6) is 5.75 Å². The van der Waals surface area contributed by atoms with Crippen LogP contribution < -0.4 is 0 Å². The van der Waals surface area contributed by atoms with Gasteiger partial charge in [0, 0.05) is 12.0 Å². The first-order chi connectivity index (χ1) is 14.7. The number of nitrogens with zero attached hydrogens (tertiary/aromatic N) is 2. The minimum Gasteiger partial charge on any atom is -0.507 e. The predicted molar refractivity (Wildman–Crippen MR) is 118 cm³/mol. The van der Waals surface area contributed by atoms with Crippen molar-refractivity contribution in [1.29, 1.82) is 0 Å². The first-order valence-electron chi connectivity index (χ1n) is 10.0. The standard InChI is InChI=1S/C24H22N4O2/c1-14-17(10-8-15(23(14)30)5-4-12-29)16-9-11-19-18(13-16)22(28-27-19)24-25-20-6-2-3-7-21(20)26-24/h2-3,6-11,13,29-30H,4-5,12H2,1H3,(H,25,26)(H,27,28). The van der Waals surface area contributed by atoms with E-state index in [0.29, 0.717) is 18.6 Å². The summed E-state index contributed by atoms with van der Waals surface area (Å²) >= 11 is 0. The third-order valence-electron chi connectivity index (χ3n) is 5.61. The number of fused-ring (bicyclic) bond motifs is 2. The van der Waals surface area contributed by atoms with E-state index in [1.54, 1.807) is 0 Å². The molecule has 3 aromatic carbocycles. The van der Waals surface area contributed by atoms with Crippen molar-refractivity contribution in [2.24, 2.45) is 0 Å². The average Bonchev–Trinajstić information content (AvgIpc) is 3.38. The molecule has 5 rings (SSSR count). The summed E-state index contributed by atoms with van der Waals surface area (Å²) in [5.74, 6) is 1.02. The molecule has 0 spiro atoms. The average molecular weight is 398 g/mol. The number of nitrogens with one attached hydrogen (secondary N) is 2. The SMILES string of the molecule is Cc1c(-c2ccc3[nH]nc(-c4nc5ccccc5[nH]4)c3c2)ccc(CCCO)c1O. The molecule has 0 atom stereocenters. The van der Waals surface area contributed by atoms with Crippen LogP contribution in [0.1, 0.15) is 17.5 Å². The molecule has 2 heterocycles. The van der Waals surface area contributed by atoms with Crippen LogP contribution in [0, 0.1) is 6.92 Å². The number of aromatic hydroxyl groups is 1. The number of aliphatic hydroxyl groups is 1. The van der Waals surface area contributed by atoms with Gasteiger partial charge in [-0.2, -0.15) is 5.10 Å². The number of imidazole rings is 1. The van der Waals surface area contributed by atoms with Crippen LogP contribution in [0.4, 0.5) is 0 Å². The summed E-state index contributed by atoms with van der Waals surface area (Å²) in [6, 6.07) is 18.0. The van der Waals surface area contributed by atoms with Crippen LogP contribution in [0.25, 0.3) is 44.6 Å². The van der Waals surface area contributed by atoms with Gasteiger partial charge < -0.3 is 15.2 Å². The number of H-pyrrole nitrogens is 2. The molecule has 4 N–H and O–H groups in total. The van der Waals surface area contributed by atoms with Gasteiger partial charge in [0.1, 0.15) is 11.4 Å². The van der Waals surface area contributed by atoms with E-state index in [4.69, 9.17) is 5.11 Å². The molecule has 0 radical (unpaired) electrons. The van der Waals surface area contributed by atoms with Gasteiger partial charge in [-0.15, -0.1) is 0 Å². The highest BCUT2D eigenvalue weighted by Gasteiger charge is 2.15. The third-order valence-corrected chi connectivity index (χ3v) is 5.61. The molecule has 0 amide bonds. The van der Waals surface area contributed by atoms with E-state index in [-0.39, 0.29) is 6.61 Å². The van der Waals surface area contributed by atoms with Crippen molar-refractivity contribution < 1.29 is 10.2 Å². The van der Waals surface area contributed by atoms with Gasteiger partial charge in [0.25, 0.3) is 0 Å². The van der Waals surface area contributed by atoms with Crippen molar-refractivity contribution in [1.82, 2.24) is 20.2 Å². The smallest absolute Gasteiger partial charge is 0.159 e. The first-order valence-corrected chi connectivity index (χ1v) is 10.0. The Morgan fingerprint density at radius 3 is 2.70 bits per heavy atom. The van der Waals surface area contributed by atoms with Crippen molar-refractivity contribution in [3.8, 4) is 28.4 Å². The highest BCUT2D eigenvalue weighted by Crippen LogP contribution is 2.35. The highest BCUT2D eigenvalue weighted by atomic mass is 16.3. The van der Waals surface area contributed by atoms with E-state index in [9.17, 15) is 5.11 Å². The zero-order valence-corrected chi connectivity index (χ0v) is 16.6. The van der Waals surface area contributed by atoms with E-state index < -0.39 is 0 Å². The molecule has 0 fully saturated rings. The Morgan fingerprint density at radius 1 is 1.00 bits per heavy atom. The van der Waals surface area contributed by atoms with Gasteiger partial charge in [-0.05, 0) is 66.3 Å². The normalized spacial score (nSPS) is 11.5. The summed E-state index contributed by atoms with van der Waals surface area (Å²) in [6.45, 7) is 2.04. The molecule has 6 heteroatoms. The Labute approximate surface area is 173 Å². The summed E-state index contributed by atoms with van der Waals surface area (Å²) < 4.78 is 0. The lowest BCUT2D eigenvalue weighted by atomic mass is 9.94. The molecule has 0 saturated carbocycles. The molecule has 0 aliphatic carbocycles. The molecular weight excluding hydrogens is 376 g/mol. The molecule has 0 aliphatic heterocycles. The second kappa shape index (κ2) is 7.31. The Morgan fingerprint density at radius 2 is 1.87 bits per heavy atom. The molecular formula is C24H22N4O2. The molecule has 6 nitrogen and oxygen atoms in total. The van der Waals surface area contributed by atoms with Gasteiger partial charge >= 0.3 is 0 Å². The Hall–Kier alpha value is -3.64. The van der Waals surface area contributed by atoms with E-state index in [1.807, 2.05) is 55.5 Å². The van der Waals surface area contributed by atoms with E-state index in [2.05, 4.69) is 26.2 Å². The fourth-order valence-electron chi connectivity index (χ4n) is 3.97. The van der Waals surface area contributed by atoms with Gasteiger partial charge in [-0.25, -0.2) is 4.98 Å². The second-order valence-corrected chi connectivity index (χ2v) is 7.51. The quantitative estimate of drug-likeness (QED) is 0.345. The van der Waals surface area contributed by atoms with Crippen LogP contribution >= 0.6 is 0 Å². The molecule has 2 aromatic heterocycles. The van der Waals surface area contributed by atoms with Crippen molar-refractivity contribution >= 4 is 21.9 Å². The first kappa shape index (κ1) is 18.4. The number of phenolic OH excluding ortho intramolecular Hbond substituents is 1. The van der Waals surface area contributed by atoms with Gasteiger partial charge in [-0.3, -0.25) is 5.10 Å². The third kappa shape index (κ3) is 3.02. The number of aliphatic hydroxyl groups excluding tert-OH is 1. The van der Waals surface area contributed by atoms with Crippen molar-refractivity contribution in [2.75, 3.05) is 6.61 Å². The predicted octanol–water partition coefficient (Wildman–Crippen LogP) is 4.71. The summed E-state index contributed by atoms with van der Waals surface area (Å²) in [4.78, 5) is 8.02. The Kier molecular flexibility index (Phi) is 4.48. The largest absolute Gasteiger partial charge is 0.507 e. The molecule has 30 heavy (non-hydrogen) atoms. The monoisotopic (exact) mass is 398 g/mol. The molecule has 5 aromatic rings. The van der Waals surface area contributed by atoms with Gasteiger partial charge in [-0.1, -0.05) is 30.3 Å². The Balaban J connectivity index is 1.60. The minimum absolute atomic E-state index is 0.113. The maximum atomic E-state index is 10.6. The van der Waals surface area contributed by atoms with Gasteiger partial charge in [0.05, 0.1) is 16.6 Å². The van der Waals surface area contributed by atoms with Crippen LogP contribution in [0.2, 0.25) is 0 Å². The number of hydrogen-bond acceptors (Lipinski definition) is 4. The molecule has 150 valence electrons. The lowest BCUT2D eigenvalue weighted by Gasteiger charge is -2.12. The lowest BCUT2D eigenvalue weighted by molar-refractivity contribution is 0.288. The fourth-order valence-corrected chi connectivity index (χ4v) is 3.97. The van der Waals surface area contributed by atoms with E-state index >= 15 is 0 Å². The van der Waals surface area contributed by atoms with Crippen LogP contribution in [-0.2, 0) is 6.42 Å². The maximum Gasteiger partial charge on any atom is 0.159 e. The van der Waals surface area contributed by atoms with Crippen molar-refractivity contribution in [3.63, 3.8) is 0 Å². The number of para-hydroxylation sites is 2. The number of rotatable bonds is 5. The number of phenols is 1. The van der Waals surface area contributed by atoms with Crippen LogP contribution in [0.15, 0.2) is 54.6 Å². The second-order valence-electron chi connectivity index (χ2n) is 7.51. The van der Waals surface area contributed by atoms with Crippen molar-refractivity contribution in [3.05, 3.63) is 65.7 Å². The summed E-state index contributed by atoms with van der Waals surface area (Å²) in [5, 5.41) is 28.3. The topological polar surface area (TPSA) is 97.8 Å². The minimum atomic E-state index is 0.113. The van der Waals surface area contributed by atoms with E-state index in [0.717, 1.165) is 55.7 Å². The number of hydrogen-bond donors (Lipinski definition) is 4. The highest BCUT2D eigenvalue weighted by molar-refractivity contribution is 5.96. The maximum absolute atomic E-state index is 10.6. The fraction of sp³-hybridized carbons (Fsp3) is 0.167. The van der Waals surface area contributed by atoms with E-state index in [1.165, 1.54) is 0 Å². The number of aryl methyl sites for hydroxylation is 1. The Bertz CT molecular complexity index is 1330. The molecule has 0 saturated heterocycles. The molecule has 0 aliphatic rings. The number of aromatic amines is 2. The molecule has 0 bridgehead atoms. The van der Waals surface area contributed by atoms with Gasteiger partial charge in [0.15, 0.2) is 5.82 Å². The van der Waals surface area contributed by atoms with Crippen LogP contribution in [-0.4, -0.2) is 37.0 Å². The van der Waals surface area contributed by atoms with Crippen LogP contribution in [0.3, 0.4) is 0 Å². The number of aromatic nitrogens is 4. The lowest BCUT2D eigenvalue weighted by Crippen LogP contribution is -1.93. The summed E-state index contributed by atoms with van der Waals surface area (Å²) in [7, 11) is 0. The molecule has 0 unspecified atom stereocenters. The summed E-state index contributed by atoms with van der Waals surface area (Å²) in [6.07, 6.45) is 1.29. The summed E-state index contributed by atoms with van der Waals surface area (Å²) in [5.41, 5.74) is 7.23. The zero-order chi connectivity index (χ0) is 20.7. The zero-order valence-electron chi connectivity index (χ0n) is 16.6. The van der Waals surface area contributed by atoms with Crippen molar-refractivity contribution in [2.45, 2.75) is 19.8 Å². The van der Waals surface area contributed by atoms with Gasteiger partial charge in [0.2, 0.25) is 0 Å².